The highest BCUT2D eigenvalue weighted by Crippen LogP contribution is 2.20. The Kier molecular flexibility index (Phi) is 4.79. The summed E-state index contributed by atoms with van der Waals surface area (Å²) in [5.74, 6) is 1.17. The Labute approximate surface area is 138 Å². The van der Waals surface area contributed by atoms with Gasteiger partial charge in [-0.1, -0.05) is 36.4 Å². The summed E-state index contributed by atoms with van der Waals surface area (Å²) in [6, 6.07) is 14.9. The van der Waals surface area contributed by atoms with Gasteiger partial charge in [0.15, 0.2) is 0 Å². The highest BCUT2D eigenvalue weighted by Gasteiger charge is 2.08. The minimum Gasteiger partial charge on any atom is -0.388 e. The van der Waals surface area contributed by atoms with Gasteiger partial charge < -0.3 is 5.11 Å². The molecule has 1 aromatic carbocycles. The van der Waals surface area contributed by atoms with Crippen molar-refractivity contribution in [2.24, 2.45) is 0 Å². The normalized spacial score (nSPS) is 12.4. The Balaban J connectivity index is 1.68. The third-order valence-electron chi connectivity index (χ3n) is 3.57. The zero-order chi connectivity index (χ0) is 16.2. The predicted octanol–water partition coefficient (Wildman–Crippen LogP) is 2.97. The van der Waals surface area contributed by atoms with Crippen LogP contribution in [0, 0.1) is 6.92 Å². The van der Waals surface area contributed by atoms with E-state index in [1.807, 2.05) is 49.4 Å². The first kappa shape index (κ1) is 15.8. The molecule has 2 heterocycles. The van der Waals surface area contributed by atoms with Crippen LogP contribution in [-0.4, -0.2) is 20.2 Å². The Morgan fingerprint density at radius 3 is 2.78 bits per heavy atom. The molecule has 0 saturated carbocycles. The van der Waals surface area contributed by atoms with Crippen molar-refractivity contribution in [3.05, 3.63) is 81.9 Å². The SMILES string of the molecule is Cc1ccc2nc(CSC[C@H](O)c3ccccc3)cc(=O)n2c1. The molecule has 0 saturated heterocycles. The molecule has 23 heavy (non-hydrogen) atoms. The smallest absolute Gasteiger partial charge is 0.258 e. The summed E-state index contributed by atoms with van der Waals surface area (Å²) in [7, 11) is 0. The second-order valence-corrected chi connectivity index (χ2v) is 6.49. The molecule has 1 atom stereocenters. The van der Waals surface area contributed by atoms with E-state index in [1.165, 1.54) is 0 Å². The Bertz CT molecular complexity index is 862. The number of nitrogens with zero attached hydrogens (tertiary/aromatic N) is 2. The van der Waals surface area contributed by atoms with Crippen molar-refractivity contribution in [1.82, 2.24) is 9.38 Å². The molecule has 4 nitrogen and oxygen atoms in total. The molecule has 0 bridgehead atoms. The van der Waals surface area contributed by atoms with Gasteiger partial charge in [0.1, 0.15) is 5.65 Å². The van der Waals surface area contributed by atoms with E-state index in [0.717, 1.165) is 16.8 Å². The lowest BCUT2D eigenvalue weighted by molar-refractivity contribution is 0.204. The van der Waals surface area contributed by atoms with Crippen molar-refractivity contribution in [1.29, 1.82) is 0 Å². The topological polar surface area (TPSA) is 54.6 Å². The average Bonchev–Trinajstić information content (AvgIpc) is 2.56. The summed E-state index contributed by atoms with van der Waals surface area (Å²) < 4.78 is 1.56. The molecule has 0 aliphatic carbocycles. The average molecular weight is 326 g/mol. The number of rotatable bonds is 5. The van der Waals surface area contributed by atoms with Crippen LogP contribution in [0.1, 0.15) is 22.9 Å². The van der Waals surface area contributed by atoms with Gasteiger partial charge in [-0.2, -0.15) is 11.8 Å². The van der Waals surface area contributed by atoms with Crippen molar-refractivity contribution in [3.63, 3.8) is 0 Å². The first-order valence-corrected chi connectivity index (χ1v) is 8.58. The van der Waals surface area contributed by atoms with E-state index in [-0.39, 0.29) is 5.56 Å². The van der Waals surface area contributed by atoms with Crippen molar-refractivity contribution >= 4 is 17.4 Å². The molecule has 3 aromatic rings. The number of benzene rings is 1. The van der Waals surface area contributed by atoms with Gasteiger partial charge in [0, 0.05) is 23.8 Å². The van der Waals surface area contributed by atoms with Crippen LogP contribution in [0.5, 0.6) is 0 Å². The van der Waals surface area contributed by atoms with Crippen LogP contribution in [0.4, 0.5) is 0 Å². The number of hydrogen-bond acceptors (Lipinski definition) is 4. The van der Waals surface area contributed by atoms with E-state index in [4.69, 9.17) is 0 Å². The number of aliphatic hydroxyl groups is 1. The maximum Gasteiger partial charge on any atom is 0.258 e. The summed E-state index contributed by atoms with van der Waals surface area (Å²) in [5.41, 5.74) is 3.25. The number of aryl methyl sites for hydroxylation is 1. The predicted molar refractivity (Wildman–Crippen MR) is 93.8 cm³/mol. The van der Waals surface area contributed by atoms with Gasteiger partial charge in [-0.05, 0) is 24.1 Å². The zero-order valence-electron chi connectivity index (χ0n) is 12.8. The van der Waals surface area contributed by atoms with Crippen molar-refractivity contribution < 1.29 is 5.11 Å². The first-order chi connectivity index (χ1) is 11.1. The minimum atomic E-state index is -0.509. The van der Waals surface area contributed by atoms with E-state index >= 15 is 0 Å². The summed E-state index contributed by atoms with van der Waals surface area (Å²) in [5, 5.41) is 10.1. The van der Waals surface area contributed by atoms with Gasteiger partial charge in [0.2, 0.25) is 0 Å². The monoisotopic (exact) mass is 326 g/mol. The van der Waals surface area contributed by atoms with Crippen LogP contribution >= 0.6 is 11.8 Å². The lowest BCUT2D eigenvalue weighted by Gasteiger charge is -2.10. The van der Waals surface area contributed by atoms with E-state index in [1.54, 1.807) is 28.4 Å². The standard InChI is InChI=1S/C18H18N2O2S/c1-13-7-8-17-19-15(9-18(22)20(17)10-13)11-23-12-16(21)14-5-3-2-4-6-14/h2-10,16,21H,11-12H2,1H3/t16-/m0/s1. The van der Waals surface area contributed by atoms with Gasteiger partial charge in [-0.15, -0.1) is 0 Å². The number of thioether (sulfide) groups is 1. The van der Waals surface area contributed by atoms with Gasteiger partial charge in [0.25, 0.3) is 5.56 Å². The molecule has 0 radical (unpaired) electrons. The van der Waals surface area contributed by atoms with E-state index < -0.39 is 6.10 Å². The third kappa shape index (κ3) is 3.81. The molecule has 0 aliphatic rings. The molecule has 118 valence electrons. The molecular weight excluding hydrogens is 308 g/mol. The third-order valence-corrected chi connectivity index (χ3v) is 4.62. The Morgan fingerprint density at radius 1 is 1.22 bits per heavy atom. The molecule has 5 heteroatoms. The fourth-order valence-electron chi connectivity index (χ4n) is 2.38. The van der Waals surface area contributed by atoms with Gasteiger partial charge in [0.05, 0.1) is 11.8 Å². The van der Waals surface area contributed by atoms with Crippen molar-refractivity contribution in [3.8, 4) is 0 Å². The largest absolute Gasteiger partial charge is 0.388 e. The summed E-state index contributed by atoms with van der Waals surface area (Å²) in [4.78, 5) is 16.6. The maximum absolute atomic E-state index is 12.1. The van der Waals surface area contributed by atoms with Crippen molar-refractivity contribution in [2.45, 2.75) is 18.8 Å². The fourth-order valence-corrected chi connectivity index (χ4v) is 3.27. The van der Waals surface area contributed by atoms with Crippen LogP contribution in [0.25, 0.3) is 5.65 Å². The van der Waals surface area contributed by atoms with Crippen LogP contribution in [-0.2, 0) is 5.75 Å². The molecule has 2 aromatic heterocycles. The molecule has 0 spiro atoms. The first-order valence-electron chi connectivity index (χ1n) is 7.43. The van der Waals surface area contributed by atoms with Crippen LogP contribution in [0.15, 0.2) is 59.5 Å². The highest BCUT2D eigenvalue weighted by atomic mass is 32.2. The number of fused-ring (bicyclic) bond motifs is 1. The molecule has 0 aliphatic heterocycles. The van der Waals surface area contributed by atoms with E-state index in [0.29, 0.717) is 17.2 Å². The van der Waals surface area contributed by atoms with Gasteiger partial charge in [-0.3, -0.25) is 9.20 Å². The Hall–Kier alpha value is -2.11. The van der Waals surface area contributed by atoms with Crippen LogP contribution in [0.3, 0.4) is 0 Å². The molecule has 0 amide bonds. The Morgan fingerprint density at radius 2 is 2.00 bits per heavy atom. The van der Waals surface area contributed by atoms with Gasteiger partial charge in [-0.25, -0.2) is 4.98 Å². The number of pyridine rings is 1. The molecular formula is C18H18N2O2S. The molecule has 3 rings (SSSR count). The lowest BCUT2D eigenvalue weighted by atomic mass is 10.1. The van der Waals surface area contributed by atoms with Crippen molar-refractivity contribution in [2.75, 3.05) is 5.75 Å². The second-order valence-electron chi connectivity index (χ2n) is 5.46. The van der Waals surface area contributed by atoms with Crippen LogP contribution < -0.4 is 5.56 Å². The lowest BCUT2D eigenvalue weighted by Crippen LogP contribution is -2.15. The summed E-state index contributed by atoms with van der Waals surface area (Å²) in [6.45, 7) is 1.95. The van der Waals surface area contributed by atoms with Crippen LogP contribution in [0.2, 0.25) is 0 Å². The molecule has 0 unspecified atom stereocenters. The highest BCUT2D eigenvalue weighted by molar-refractivity contribution is 7.98. The van der Waals surface area contributed by atoms with Gasteiger partial charge >= 0.3 is 0 Å². The zero-order valence-corrected chi connectivity index (χ0v) is 13.7. The molecule has 0 fully saturated rings. The fraction of sp³-hybridized carbons (Fsp3) is 0.222. The number of aromatic nitrogens is 2. The van der Waals surface area contributed by atoms with E-state index in [9.17, 15) is 9.90 Å². The number of hydrogen-bond donors (Lipinski definition) is 1. The van der Waals surface area contributed by atoms with E-state index in [2.05, 4.69) is 4.98 Å². The molecule has 1 N–H and O–H groups in total. The maximum atomic E-state index is 12.1. The minimum absolute atomic E-state index is 0.0714. The summed E-state index contributed by atoms with van der Waals surface area (Å²) >= 11 is 1.57. The quantitative estimate of drug-likeness (QED) is 0.783. The number of aliphatic hydroxyl groups excluding tert-OH is 1. The second kappa shape index (κ2) is 6.98. The summed E-state index contributed by atoms with van der Waals surface area (Å²) in [6.07, 6.45) is 1.28.